The van der Waals surface area contributed by atoms with Crippen LogP contribution < -0.4 is 10.6 Å². The lowest BCUT2D eigenvalue weighted by atomic mass is 9.88. The highest BCUT2D eigenvalue weighted by molar-refractivity contribution is 5.89. The van der Waals surface area contributed by atoms with Crippen LogP contribution in [0, 0.1) is 5.41 Å². The highest BCUT2D eigenvalue weighted by Gasteiger charge is 2.31. The topological polar surface area (TPSA) is 104 Å². The number of nitrogens with zero attached hydrogens (tertiary/aromatic N) is 2. The molecule has 0 aliphatic carbocycles. The first-order chi connectivity index (χ1) is 8.48. The number of carbonyl (C=O) groups excluding carboxylic acids is 1. The average molecular weight is 252 g/mol. The summed E-state index contributed by atoms with van der Waals surface area (Å²) in [7, 11) is 0. The second-order valence-corrected chi connectivity index (χ2v) is 4.15. The molecule has 1 rings (SSSR count). The van der Waals surface area contributed by atoms with Crippen molar-refractivity contribution in [2.75, 3.05) is 11.9 Å². The highest BCUT2D eigenvalue weighted by Crippen LogP contribution is 2.19. The summed E-state index contributed by atoms with van der Waals surface area (Å²) in [5, 5.41) is 14.1. The predicted octanol–water partition coefficient (Wildman–Crippen LogP) is 1.10. The van der Waals surface area contributed by atoms with Gasteiger partial charge in [0.2, 0.25) is 0 Å². The molecule has 0 aromatic carbocycles. The summed E-state index contributed by atoms with van der Waals surface area (Å²) < 4.78 is 0. The van der Waals surface area contributed by atoms with Crippen LogP contribution in [-0.2, 0) is 4.79 Å². The van der Waals surface area contributed by atoms with Crippen LogP contribution in [0.4, 0.5) is 10.5 Å². The van der Waals surface area contributed by atoms with Gasteiger partial charge in [0.1, 0.15) is 6.33 Å². The molecule has 98 valence electrons. The molecular formula is C11H16N4O3. The lowest BCUT2D eigenvalue weighted by Crippen LogP contribution is -2.42. The van der Waals surface area contributed by atoms with Crippen molar-refractivity contribution in [1.82, 2.24) is 15.3 Å². The minimum Gasteiger partial charge on any atom is -0.481 e. The highest BCUT2D eigenvalue weighted by atomic mass is 16.4. The zero-order valence-corrected chi connectivity index (χ0v) is 10.3. The first kappa shape index (κ1) is 13.9. The molecule has 1 aromatic rings. The van der Waals surface area contributed by atoms with Crippen LogP contribution in [0.5, 0.6) is 0 Å². The van der Waals surface area contributed by atoms with Gasteiger partial charge in [0, 0.05) is 6.54 Å². The molecule has 1 heterocycles. The standard InChI is InChI=1S/C11H16N4O3/c1-3-11(2,9(16)17)6-14-10(18)15-8-4-12-7-13-5-8/h4-5,7H,3,6H2,1-2H3,(H,16,17)(H2,14,15,18). The van der Waals surface area contributed by atoms with E-state index in [2.05, 4.69) is 20.6 Å². The summed E-state index contributed by atoms with van der Waals surface area (Å²) in [4.78, 5) is 30.0. The van der Waals surface area contributed by atoms with Crippen LogP contribution in [0.2, 0.25) is 0 Å². The second kappa shape index (κ2) is 5.95. The van der Waals surface area contributed by atoms with E-state index in [4.69, 9.17) is 5.11 Å². The molecule has 0 bridgehead atoms. The third-order valence-electron chi connectivity index (χ3n) is 2.75. The van der Waals surface area contributed by atoms with Crippen molar-refractivity contribution in [3.63, 3.8) is 0 Å². The number of carbonyl (C=O) groups is 2. The molecule has 0 fully saturated rings. The number of aromatic nitrogens is 2. The van der Waals surface area contributed by atoms with E-state index in [1.807, 2.05) is 0 Å². The minimum absolute atomic E-state index is 0.0539. The van der Waals surface area contributed by atoms with Gasteiger partial charge in [-0.3, -0.25) is 4.79 Å². The van der Waals surface area contributed by atoms with Crippen molar-refractivity contribution in [3.05, 3.63) is 18.7 Å². The fourth-order valence-electron chi connectivity index (χ4n) is 1.17. The lowest BCUT2D eigenvalue weighted by Gasteiger charge is -2.23. The third kappa shape index (κ3) is 3.69. The molecule has 0 aliphatic heterocycles. The molecule has 1 unspecified atom stereocenters. The number of amides is 2. The molecule has 0 aliphatic rings. The molecule has 3 N–H and O–H groups in total. The fourth-order valence-corrected chi connectivity index (χ4v) is 1.17. The molecule has 0 radical (unpaired) electrons. The Labute approximate surface area is 105 Å². The Balaban J connectivity index is 2.49. The molecule has 1 aromatic heterocycles. The SMILES string of the molecule is CCC(C)(CNC(=O)Nc1cncnc1)C(=O)O. The largest absolute Gasteiger partial charge is 0.481 e. The number of anilines is 1. The van der Waals surface area contributed by atoms with Gasteiger partial charge in [-0.05, 0) is 13.3 Å². The van der Waals surface area contributed by atoms with Crippen molar-refractivity contribution in [2.24, 2.45) is 5.41 Å². The second-order valence-electron chi connectivity index (χ2n) is 4.15. The van der Waals surface area contributed by atoms with E-state index < -0.39 is 17.4 Å². The number of nitrogens with one attached hydrogen (secondary N) is 2. The Hall–Kier alpha value is -2.18. The van der Waals surface area contributed by atoms with Gasteiger partial charge in [-0.1, -0.05) is 6.92 Å². The molecule has 0 saturated heterocycles. The van der Waals surface area contributed by atoms with Crippen molar-refractivity contribution in [3.8, 4) is 0 Å². The van der Waals surface area contributed by atoms with E-state index in [0.717, 1.165) is 0 Å². The normalized spacial score (nSPS) is 13.4. The van der Waals surface area contributed by atoms with Gasteiger partial charge in [-0.25, -0.2) is 14.8 Å². The summed E-state index contributed by atoms with van der Waals surface area (Å²) in [5.41, 5.74) is -0.520. The number of carboxylic acids is 1. The first-order valence-corrected chi connectivity index (χ1v) is 5.51. The van der Waals surface area contributed by atoms with Crippen LogP contribution >= 0.6 is 0 Å². The van der Waals surface area contributed by atoms with Crippen molar-refractivity contribution < 1.29 is 14.7 Å². The molecule has 2 amide bonds. The van der Waals surface area contributed by atoms with Gasteiger partial charge < -0.3 is 15.7 Å². The van der Waals surface area contributed by atoms with Gasteiger partial charge in [0.25, 0.3) is 0 Å². The predicted molar refractivity (Wildman–Crippen MR) is 65.1 cm³/mol. The maximum atomic E-state index is 11.5. The van der Waals surface area contributed by atoms with Crippen molar-refractivity contribution >= 4 is 17.7 Å². The Morgan fingerprint density at radius 1 is 1.39 bits per heavy atom. The molecule has 7 heteroatoms. The van der Waals surface area contributed by atoms with Crippen LogP contribution in [0.1, 0.15) is 20.3 Å². The first-order valence-electron chi connectivity index (χ1n) is 5.51. The van der Waals surface area contributed by atoms with Gasteiger partial charge >= 0.3 is 12.0 Å². The molecule has 1 atom stereocenters. The van der Waals surface area contributed by atoms with Gasteiger partial charge in [-0.15, -0.1) is 0 Å². The molecular weight excluding hydrogens is 236 g/mol. The smallest absolute Gasteiger partial charge is 0.319 e. The maximum Gasteiger partial charge on any atom is 0.319 e. The zero-order chi connectivity index (χ0) is 13.6. The van der Waals surface area contributed by atoms with E-state index in [0.29, 0.717) is 12.1 Å². The van der Waals surface area contributed by atoms with Crippen molar-refractivity contribution in [1.29, 1.82) is 0 Å². The van der Waals surface area contributed by atoms with Crippen LogP contribution in [0.25, 0.3) is 0 Å². The van der Waals surface area contributed by atoms with Gasteiger partial charge in [0.15, 0.2) is 0 Å². The zero-order valence-electron chi connectivity index (χ0n) is 10.3. The van der Waals surface area contributed by atoms with E-state index in [9.17, 15) is 9.59 Å². The van der Waals surface area contributed by atoms with E-state index in [-0.39, 0.29) is 6.54 Å². The lowest BCUT2D eigenvalue weighted by molar-refractivity contribution is -0.147. The fraction of sp³-hybridized carbons (Fsp3) is 0.455. The molecule has 18 heavy (non-hydrogen) atoms. The number of aliphatic carboxylic acids is 1. The Kier molecular flexibility index (Phi) is 4.59. The summed E-state index contributed by atoms with van der Waals surface area (Å²) in [6, 6.07) is -0.481. The quantitative estimate of drug-likeness (QED) is 0.727. The Morgan fingerprint density at radius 2 is 2.00 bits per heavy atom. The average Bonchev–Trinajstić information content (AvgIpc) is 2.37. The number of hydrogen-bond acceptors (Lipinski definition) is 4. The third-order valence-corrected chi connectivity index (χ3v) is 2.75. The summed E-state index contributed by atoms with van der Waals surface area (Å²) >= 11 is 0. The minimum atomic E-state index is -0.968. The maximum absolute atomic E-state index is 11.5. The van der Waals surface area contributed by atoms with E-state index >= 15 is 0 Å². The number of hydrogen-bond donors (Lipinski definition) is 3. The number of urea groups is 1. The molecule has 0 saturated carbocycles. The monoisotopic (exact) mass is 252 g/mol. The molecule has 0 spiro atoms. The Bertz CT molecular complexity index is 424. The van der Waals surface area contributed by atoms with Gasteiger partial charge in [-0.2, -0.15) is 0 Å². The van der Waals surface area contributed by atoms with Crippen LogP contribution in [0.15, 0.2) is 18.7 Å². The summed E-state index contributed by atoms with van der Waals surface area (Å²) in [5.74, 6) is -0.937. The van der Waals surface area contributed by atoms with E-state index in [1.54, 1.807) is 13.8 Å². The molecule has 7 nitrogen and oxygen atoms in total. The van der Waals surface area contributed by atoms with E-state index in [1.165, 1.54) is 18.7 Å². The van der Waals surface area contributed by atoms with Gasteiger partial charge in [0.05, 0.1) is 23.5 Å². The summed E-state index contributed by atoms with van der Waals surface area (Å²) in [6.45, 7) is 3.40. The van der Waals surface area contributed by atoms with Crippen LogP contribution in [0.3, 0.4) is 0 Å². The Morgan fingerprint density at radius 3 is 2.50 bits per heavy atom. The van der Waals surface area contributed by atoms with Crippen molar-refractivity contribution in [2.45, 2.75) is 20.3 Å². The van der Waals surface area contributed by atoms with Crippen LogP contribution in [-0.4, -0.2) is 33.6 Å². The number of carboxylic acid groups (broad SMARTS) is 1. The number of rotatable bonds is 5. The summed E-state index contributed by atoms with van der Waals surface area (Å²) in [6.07, 6.45) is 4.67.